The van der Waals surface area contributed by atoms with Crippen LogP contribution in [-0.2, 0) is 4.79 Å². The topological polar surface area (TPSA) is 70.6 Å². The second-order valence-electron chi connectivity index (χ2n) is 5.18. The van der Waals surface area contributed by atoms with Crippen molar-refractivity contribution in [3.8, 4) is 0 Å². The Morgan fingerprint density at radius 2 is 1.87 bits per heavy atom. The van der Waals surface area contributed by atoms with Crippen LogP contribution in [0.2, 0.25) is 0 Å². The lowest BCUT2D eigenvalue weighted by Crippen LogP contribution is -2.32. The minimum absolute atomic E-state index is 0.0865. The molecule has 0 saturated carbocycles. The van der Waals surface area contributed by atoms with Crippen LogP contribution >= 0.6 is 11.3 Å². The molecule has 1 aromatic heterocycles. The van der Waals surface area contributed by atoms with E-state index < -0.39 is 0 Å². The SMILES string of the molecule is CN(C(=O)CCCN1C(=O)c2ccccc2C1=O)c1nccs1. The van der Waals surface area contributed by atoms with Crippen molar-refractivity contribution in [3.05, 3.63) is 47.0 Å². The fourth-order valence-electron chi connectivity index (χ4n) is 2.49. The van der Waals surface area contributed by atoms with E-state index in [2.05, 4.69) is 4.98 Å². The molecule has 2 aromatic rings. The monoisotopic (exact) mass is 329 g/mol. The van der Waals surface area contributed by atoms with Crippen molar-refractivity contribution in [1.82, 2.24) is 9.88 Å². The van der Waals surface area contributed by atoms with Gasteiger partial charge in [-0.2, -0.15) is 0 Å². The number of fused-ring (bicyclic) bond motifs is 1. The number of hydrogen-bond acceptors (Lipinski definition) is 5. The molecule has 3 amide bonds. The van der Waals surface area contributed by atoms with E-state index >= 15 is 0 Å². The second kappa shape index (κ2) is 6.29. The number of amides is 3. The molecule has 0 fully saturated rings. The van der Waals surface area contributed by atoms with Crippen molar-refractivity contribution in [3.63, 3.8) is 0 Å². The molecule has 0 radical (unpaired) electrons. The van der Waals surface area contributed by atoms with Gasteiger partial charge in [-0.25, -0.2) is 4.98 Å². The first kappa shape index (κ1) is 15.4. The molecule has 6 nitrogen and oxygen atoms in total. The zero-order chi connectivity index (χ0) is 16.4. The minimum atomic E-state index is -0.286. The molecular weight excluding hydrogens is 314 g/mol. The van der Waals surface area contributed by atoms with E-state index in [1.807, 2.05) is 0 Å². The van der Waals surface area contributed by atoms with Crippen molar-refractivity contribution in [2.24, 2.45) is 0 Å². The molecule has 0 aliphatic carbocycles. The first-order valence-corrected chi connectivity index (χ1v) is 8.09. The van der Waals surface area contributed by atoms with E-state index in [9.17, 15) is 14.4 Å². The van der Waals surface area contributed by atoms with Gasteiger partial charge in [0.2, 0.25) is 5.91 Å². The van der Waals surface area contributed by atoms with Crippen LogP contribution in [0.15, 0.2) is 35.8 Å². The Morgan fingerprint density at radius 1 is 1.22 bits per heavy atom. The number of imide groups is 1. The zero-order valence-electron chi connectivity index (χ0n) is 12.6. The maximum atomic E-state index is 12.2. The molecule has 7 heteroatoms. The minimum Gasteiger partial charge on any atom is -0.291 e. The highest BCUT2D eigenvalue weighted by Gasteiger charge is 2.34. The van der Waals surface area contributed by atoms with E-state index in [0.29, 0.717) is 22.7 Å². The lowest BCUT2D eigenvalue weighted by Gasteiger charge is -2.16. The molecule has 0 N–H and O–H groups in total. The summed E-state index contributed by atoms with van der Waals surface area (Å²) in [7, 11) is 1.67. The van der Waals surface area contributed by atoms with Crippen LogP contribution in [0.3, 0.4) is 0 Å². The summed E-state index contributed by atoms with van der Waals surface area (Å²) >= 11 is 1.39. The molecular formula is C16H15N3O3S. The largest absolute Gasteiger partial charge is 0.291 e. The van der Waals surface area contributed by atoms with Crippen LogP contribution in [0.5, 0.6) is 0 Å². The molecule has 1 aromatic carbocycles. The standard InChI is InChI=1S/C16H15N3O3S/c1-18(16-17-8-10-23-16)13(20)7-4-9-19-14(21)11-5-2-3-6-12(11)15(19)22/h2-3,5-6,8,10H,4,7,9H2,1H3. The van der Waals surface area contributed by atoms with Crippen molar-refractivity contribution in [2.75, 3.05) is 18.5 Å². The van der Waals surface area contributed by atoms with Gasteiger partial charge in [-0.05, 0) is 18.6 Å². The Labute approximate surface area is 137 Å². The second-order valence-corrected chi connectivity index (χ2v) is 6.05. The molecule has 0 spiro atoms. The normalized spacial score (nSPS) is 13.3. The summed E-state index contributed by atoms with van der Waals surface area (Å²) in [5.74, 6) is -0.658. The van der Waals surface area contributed by atoms with Crippen molar-refractivity contribution in [2.45, 2.75) is 12.8 Å². The van der Waals surface area contributed by atoms with E-state index in [1.54, 1.807) is 42.9 Å². The van der Waals surface area contributed by atoms with Crippen molar-refractivity contribution in [1.29, 1.82) is 0 Å². The Balaban J connectivity index is 1.57. The summed E-state index contributed by atoms with van der Waals surface area (Å²) < 4.78 is 0. The number of anilines is 1. The molecule has 23 heavy (non-hydrogen) atoms. The maximum Gasteiger partial charge on any atom is 0.261 e. The third kappa shape index (κ3) is 2.87. The van der Waals surface area contributed by atoms with Crippen LogP contribution in [0, 0.1) is 0 Å². The average Bonchev–Trinajstić information content (AvgIpc) is 3.18. The third-order valence-electron chi connectivity index (χ3n) is 3.73. The lowest BCUT2D eigenvalue weighted by molar-refractivity contribution is -0.118. The number of benzene rings is 1. The molecule has 1 aliphatic rings. The Kier molecular flexibility index (Phi) is 4.20. The Hall–Kier alpha value is -2.54. The first-order chi connectivity index (χ1) is 11.1. The molecule has 0 unspecified atom stereocenters. The highest BCUT2D eigenvalue weighted by atomic mass is 32.1. The van der Waals surface area contributed by atoms with Gasteiger partial charge >= 0.3 is 0 Å². The molecule has 0 saturated heterocycles. The van der Waals surface area contributed by atoms with Crippen LogP contribution in [-0.4, -0.2) is 41.2 Å². The Bertz CT molecular complexity index is 723. The van der Waals surface area contributed by atoms with Crippen LogP contribution in [0.4, 0.5) is 5.13 Å². The first-order valence-electron chi connectivity index (χ1n) is 7.21. The fraction of sp³-hybridized carbons (Fsp3) is 0.250. The predicted molar refractivity (Wildman–Crippen MR) is 86.6 cm³/mol. The van der Waals surface area contributed by atoms with Gasteiger partial charge in [0.05, 0.1) is 11.1 Å². The van der Waals surface area contributed by atoms with Crippen LogP contribution < -0.4 is 4.90 Å². The lowest BCUT2D eigenvalue weighted by atomic mass is 10.1. The molecule has 0 bridgehead atoms. The van der Waals surface area contributed by atoms with E-state index in [4.69, 9.17) is 0 Å². The number of thiazole rings is 1. The summed E-state index contributed by atoms with van der Waals surface area (Å²) in [5.41, 5.74) is 0.868. The van der Waals surface area contributed by atoms with Crippen molar-refractivity contribution >= 4 is 34.2 Å². The van der Waals surface area contributed by atoms with Gasteiger partial charge < -0.3 is 0 Å². The van der Waals surface area contributed by atoms with Gasteiger partial charge in [0, 0.05) is 31.6 Å². The number of nitrogens with zero attached hydrogens (tertiary/aromatic N) is 3. The summed E-state index contributed by atoms with van der Waals surface area (Å²) in [6, 6.07) is 6.77. The number of carbonyl (C=O) groups is 3. The van der Waals surface area contributed by atoms with E-state index in [-0.39, 0.29) is 30.7 Å². The number of hydrogen-bond donors (Lipinski definition) is 0. The highest BCUT2D eigenvalue weighted by molar-refractivity contribution is 7.13. The van der Waals surface area contributed by atoms with Gasteiger partial charge in [-0.15, -0.1) is 11.3 Å². The Morgan fingerprint density at radius 3 is 2.43 bits per heavy atom. The summed E-state index contributed by atoms with van der Waals surface area (Å²) in [6.45, 7) is 0.240. The van der Waals surface area contributed by atoms with Crippen LogP contribution in [0.25, 0.3) is 0 Å². The van der Waals surface area contributed by atoms with Gasteiger partial charge in [0.25, 0.3) is 11.8 Å². The average molecular weight is 329 g/mol. The highest BCUT2D eigenvalue weighted by Crippen LogP contribution is 2.23. The number of aromatic nitrogens is 1. The van der Waals surface area contributed by atoms with Crippen LogP contribution in [0.1, 0.15) is 33.6 Å². The molecule has 1 aliphatic heterocycles. The van der Waals surface area contributed by atoms with Gasteiger partial charge in [0.15, 0.2) is 5.13 Å². The zero-order valence-corrected chi connectivity index (χ0v) is 13.4. The maximum absolute atomic E-state index is 12.2. The van der Waals surface area contributed by atoms with Gasteiger partial charge in [0.1, 0.15) is 0 Å². The summed E-state index contributed by atoms with van der Waals surface area (Å²) in [5, 5.41) is 2.44. The molecule has 3 rings (SSSR count). The third-order valence-corrected chi connectivity index (χ3v) is 4.58. The molecule has 118 valence electrons. The van der Waals surface area contributed by atoms with Crippen molar-refractivity contribution < 1.29 is 14.4 Å². The van der Waals surface area contributed by atoms with E-state index in [0.717, 1.165) is 0 Å². The molecule has 0 atom stereocenters. The summed E-state index contributed by atoms with van der Waals surface area (Å²) in [6.07, 6.45) is 2.33. The molecule has 2 heterocycles. The van der Waals surface area contributed by atoms with Gasteiger partial charge in [-0.1, -0.05) is 12.1 Å². The van der Waals surface area contributed by atoms with Gasteiger partial charge in [-0.3, -0.25) is 24.2 Å². The summed E-state index contributed by atoms with van der Waals surface area (Å²) in [4.78, 5) is 43.3. The predicted octanol–water partition coefficient (Wildman–Crippen LogP) is 2.18. The van der Waals surface area contributed by atoms with E-state index in [1.165, 1.54) is 21.1 Å². The fourth-order valence-corrected chi connectivity index (χ4v) is 3.11. The number of carbonyl (C=O) groups excluding carboxylic acids is 3. The smallest absolute Gasteiger partial charge is 0.261 e. The quantitative estimate of drug-likeness (QED) is 0.788. The number of rotatable bonds is 5.